The molecule has 0 amide bonds. The van der Waals surface area contributed by atoms with Crippen LogP contribution in [0.5, 0.6) is 0 Å². The van der Waals surface area contributed by atoms with Crippen LogP contribution in [0.25, 0.3) is 77.1 Å². The molecule has 464 valence electrons. The van der Waals surface area contributed by atoms with Crippen LogP contribution in [0, 0.1) is 0 Å². The molecule has 16 rings (SSSR count). The quantitative estimate of drug-likeness (QED) is 0.155. The summed E-state index contributed by atoms with van der Waals surface area (Å²) in [5.74, 6) is 0. The lowest BCUT2D eigenvalue weighted by Crippen LogP contribution is -2.61. The zero-order chi connectivity index (χ0) is 64.8. The van der Waals surface area contributed by atoms with E-state index in [-0.39, 0.29) is 32.5 Å². The predicted molar refractivity (Wildman–Crippen MR) is 395 cm³/mol. The maximum atomic E-state index is 7.91. The van der Waals surface area contributed by atoms with Crippen molar-refractivity contribution in [3.63, 3.8) is 0 Å². The predicted octanol–water partition coefficient (Wildman–Crippen LogP) is 23.6. The Labute approximate surface area is 548 Å². The fraction of sp³-hybridized carbons (Fsp3) is 0.279. The Morgan fingerprint density at radius 1 is 0.387 bits per heavy atom. The van der Waals surface area contributed by atoms with Crippen molar-refractivity contribution in [3.05, 3.63) is 228 Å². The minimum absolute atomic E-state index is 0.0140. The first-order chi connectivity index (χ1) is 44.1. The Hall–Kier alpha value is -9.20. The third-order valence-corrected chi connectivity index (χ3v) is 21.1. The number of hydrogen-bond donors (Lipinski definition) is 0. The molecule has 0 radical (unpaired) electrons. The highest BCUT2D eigenvalue weighted by atomic mass is 16.3. The largest absolute Gasteiger partial charge is 0.466 e. The molecular weight excluding hydrogens is 1130 g/mol. The second kappa shape index (κ2) is 20.2. The highest BCUT2D eigenvalue weighted by Crippen LogP contribution is 2.57. The molecule has 0 atom stereocenters. The molecule has 0 spiro atoms. The fourth-order valence-corrected chi connectivity index (χ4v) is 15.5. The van der Waals surface area contributed by atoms with Gasteiger partial charge < -0.3 is 27.9 Å². The summed E-state index contributed by atoms with van der Waals surface area (Å²) in [4.78, 5) is 7.51. The summed E-state index contributed by atoms with van der Waals surface area (Å²) in [5, 5.41) is 5.34. The van der Waals surface area contributed by atoms with Gasteiger partial charge in [0.2, 0.25) is 0 Å². The van der Waals surface area contributed by atoms with Gasteiger partial charge in [-0.3, -0.25) is 0 Å². The summed E-state index contributed by atoms with van der Waals surface area (Å²) in [6, 6.07) is 73.1. The van der Waals surface area contributed by atoms with Gasteiger partial charge in [-0.15, -0.1) is 0 Å². The maximum Gasteiger partial charge on any atom is 0.376 e. The van der Waals surface area contributed by atoms with E-state index >= 15 is 0 Å². The summed E-state index contributed by atoms with van der Waals surface area (Å²) < 4.78 is 22.7. The second-order valence-electron chi connectivity index (χ2n) is 32.5. The van der Waals surface area contributed by atoms with Crippen molar-refractivity contribution >= 4 is 118 Å². The molecule has 6 nitrogen and oxygen atoms in total. The highest BCUT2D eigenvalue weighted by Gasteiger charge is 2.51. The van der Waals surface area contributed by atoms with Crippen LogP contribution in [0.1, 0.15) is 157 Å². The molecule has 2 aliphatic heterocycles. The molecule has 13 aromatic rings. The van der Waals surface area contributed by atoms with E-state index in [1.54, 1.807) is 0 Å². The van der Waals surface area contributed by atoms with Crippen LogP contribution in [0.15, 0.2) is 207 Å². The van der Waals surface area contributed by atoms with Crippen molar-refractivity contribution in [2.45, 2.75) is 156 Å². The van der Waals surface area contributed by atoms with Crippen LogP contribution in [-0.4, -0.2) is 6.85 Å². The van der Waals surface area contributed by atoms with Gasteiger partial charge in [-0.1, -0.05) is 202 Å². The summed E-state index contributed by atoms with van der Waals surface area (Å²) in [7, 11) is 0. The highest BCUT2D eigenvalue weighted by molar-refractivity contribution is 6.93. The number of rotatable bonds is 6. The van der Waals surface area contributed by atoms with Gasteiger partial charge in [-0.05, 0) is 186 Å². The van der Waals surface area contributed by atoms with E-state index in [9.17, 15) is 0 Å². The van der Waals surface area contributed by atoms with Crippen LogP contribution in [0.2, 0.25) is 0 Å². The SMILES string of the molecule is CC(C)(C)c1ccc(N2B3c4oc5cc6c(cc5c4N(c4ccc(C(C)(C)C)cc4-c4ccccc4)c4c3c(cc3c4oc4ccccc43)-c3cc4c(cc32)oc2cc(N(c3ccc(C(C)(C)C)cc3)c3ccc(C(C)(C)C)cc3)ccc24)C(C)(C)CCC6(C)C)cc1. The van der Waals surface area contributed by atoms with Crippen LogP contribution in [0.3, 0.4) is 0 Å². The fourth-order valence-electron chi connectivity index (χ4n) is 15.5. The van der Waals surface area contributed by atoms with Gasteiger partial charge in [0, 0.05) is 78.6 Å². The number of furan rings is 3. The van der Waals surface area contributed by atoms with Gasteiger partial charge in [0.15, 0.2) is 5.58 Å². The first-order valence-electron chi connectivity index (χ1n) is 33.6. The van der Waals surface area contributed by atoms with Gasteiger partial charge in [0.05, 0.1) is 17.1 Å². The van der Waals surface area contributed by atoms with E-state index in [4.69, 9.17) is 13.3 Å². The number of benzene rings is 10. The first-order valence-corrected chi connectivity index (χ1v) is 33.6. The maximum absolute atomic E-state index is 7.91. The summed E-state index contributed by atoms with van der Waals surface area (Å²) >= 11 is 0. The number of anilines is 8. The van der Waals surface area contributed by atoms with Crippen LogP contribution < -0.4 is 25.7 Å². The standard InChI is InChI=1S/C86H84BN3O3/c1-81(2,3)52-26-33-56(34-27-52)88(57-35-28-53(29-36-57)82(4,5)6)59-39-40-61-64-46-63-65-47-66-60-24-20-21-25-72(60)92-79(66)78-76(65)87(90(71(63)50-75(64)91-73(61)45-59)58-37-30-54(31-38-58)83(7,8)9)80-77(67-48-68-69(49-74(67)93-80)86(15,16)43-42-85(68,13)14)89(78)70-41-32-55(84(10,11)12)44-62(70)51-22-18-17-19-23-51/h17-41,44-50H,42-43H2,1-16H3. The van der Waals surface area contributed by atoms with Crippen LogP contribution in [-0.2, 0) is 32.5 Å². The number of fused-ring (bicyclic) bond motifs is 14. The van der Waals surface area contributed by atoms with Gasteiger partial charge >= 0.3 is 6.85 Å². The lowest BCUT2D eigenvalue weighted by molar-refractivity contribution is 0.332. The average molecular weight is 1220 g/mol. The second-order valence-corrected chi connectivity index (χ2v) is 32.5. The lowest BCUT2D eigenvalue weighted by Gasteiger charge is -2.44. The molecular formula is C86H84BN3O3. The molecule has 7 heteroatoms. The molecule has 1 aliphatic carbocycles. The Morgan fingerprint density at radius 3 is 1.54 bits per heavy atom. The topological polar surface area (TPSA) is 49.1 Å². The summed E-state index contributed by atoms with van der Waals surface area (Å²) in [6.07, 6.45) is 2.18. The van der Waals surface area contributed by atoms with E-state index in [0.717, 1.165) is 147 Å². The number of para-hydroxylation sites is 1. The van der Waals surface area contributed by atoms with Gasteiger partial charge in [0.1, 0.15) is 28.0 Å². The third kappa shape index (κ3) is 9.32. The van der Waals surface area contributed by atoms with Gasteiger partial charge in [-0.25, -0.2) is 0 Å². The molecule has 0 bridgehead atoms. The lowest BCUT2D eigenvalue weighted by atomic mass is 9.45. The minimum atomic E-state index is -0.456. The normalized spacial score (nSPS) is 15.3. The minimum Gasteiger partial charge on any atom is -0.466 e. The monoisotopic (exact) mass is 1220 g/mol. The molecule has 5 heterocycles. The van der Waals surface area contributed by atoms with E-state index < -0.39 is 6.85 Å². The molecule has 0 saturated carbocycles. The van der Waals surface area contributed by atoms with Crippen LogP contribution in [0.4, 0.5) is 45.5 Å². The Morgan fingerprint density at radius 2 is 0.914 bits per heavy atom. The molecule has 0 saturated heterocycles. The summed E-state index contributed by atoms with van der Waals surface area (Å²) in [6.45, 7) is 36.7. The van der Waals surface area contributed by atoms with Crippen molar-refractivity contribution in [1.82, 2.24) is 0 Å². The Balaban J connectivity index is 1.01. The number of hydrogen-bond acceptors (Lipinski definition) is 6. The molecule has 0 fully saturated rings. The Kier molecular flexibility index (Phi) is 12.8. The summed E-state index contributed by atoms with van der Waals surface area (Å²) in [5.41, 5.74) is 26.7. The van der Waals surface area contributed by atoms with Crippen molar-refractivity contribution in [2.24, 2.45) is 0 Å². The van der Waals surface area contributed by atoms with E-state index in [1.807, 2.05) is 0 Å². The van der Waals surface area contributed by atoms with E-state index in [0.29, 0.717) is 0 Å². The van der Waals surface area contributed by atoms with E-state index in [2.05, 4.69) is 320 Å². The van der Waals surface area contributed by atoms with Crippen molar-refractivity contribution in [2.75, 3.05) is 14.6 Å². The smallest absolute Gasteiger partial charge is 0.376 e. The molecule has 3 aromatic heterocycles. The van der Waals surface area contributed by atoms with Crippen molar-refractivity contribution in [3.8, 4) is 22.3 Å². The number of nitrogens with zero attached hydrogens (tertiary/aromatic N) is 3. The van der Waals surface area contributed by atoms with Crippen molar-refractivity contribution < 1.29 is 13.3 Å². The third-order valence-electron chi connectivity index (χ3n) is 21.1. The first kappa shape index (κ1) is 58.9. The van der Waals surface area contributed by atoms with Gasteiger partial charge in [0.25, 0.3) is 0 Å². The Bertz CT molecular complexity index is 5130. The van der Waals surface area contributed by atoms with E-state index in [1.165, 1.54) is 33.4 Å². The zero-order valence-corrected chi connectivity index (χ0v) is 57.0. The molecule has 0 N–H and O–H groups in total. The molecule has 3 aliphatic rings. The molecule has 10 aromatic carbocycles. The van der Waals surface area contributed by atoms with Gasteiger partial charge in [-0.2, -0.15) is 0 Å². The zero-order valence-electron chi connectivity index (χ0n) is 57.0. The van der Waals surface area contributed by atoms with Crippen molar-refractivity contribution in [1.29, 1.82) is 0 Å². The molecule has 0 unspecified atom stereocenters. The molecule has 93 heavy (non-hydrogen) atoms. The average Bonchev–Trinajstić information content (AvgIpc) is 1.62. The van der Waals surface area contributed by atoms with Crippen LogP contribution >= 0.6 is 0 Å².